The van der Waals surface area contributed by atoms with Crippen LogP contribution >= 0.6 is 11.6 Å². The summed E-state index contributed by atoms with van der Waals surface area (Å²) in [4.78, 5) is 0. The molecule has 0 saturated carbocycles. The van der Waals surface area contributed by atoms with Crippen LogP contribution in [0.15, 0.2) is 24.3 Å². The summed E-state index contributed by atoms with van der Waals surface area (Å²) in [6.45, 7) is 8.65. The Hall–Kier alpha value is -0.570. The zero-order valence-electron chi connectivity index (χ0n) is 10.4. The van der Waals surface area contributed by atoms with Crippen molar-refractivity contribution in [2.75, 3.05) is 0 Å². The average molecular weight is 243 g/mol. The van der Waals surface area contributed by atoms with E-state index >= 15 is 0 Å². The first-order valence-electron chi connectivity index (χ1n) is 5.71. The number of rotatable bonds is 4. The first kappa shape index (κ1) is 13.5. The van der Waals surface area contributed by atoms with Crippen molar-refractivity contribution in [2.24, 2.45) is 0 Å². The molecule has 2 nitrogen and oxygen atoms in total. The molecule has 1 aromatic rings. The van der Waals surface area contributed by atoms with Gasteiger partial charge in [0.25, 0.3) is 0 Å². The first-order chi connectivity index (χ1) is 7.38. The van der Waals surface area contributed by atoms with E-state index in [1.54, 1.807) is 0 Å². The highest BCUT2D eigenvalue weighted by Gasteiger charge is 2.34. The highest BCUT2D eigenvalue weighted by Crippen LogP contribution is 2.24. The van der Waals surface area contributed by atoms with E-state index in [9.17, 15) is 5.21 Å². The third kappa shape index (κ3) is 2.76. The molecule has 0 amide bonds. The standard InChI is InChI=1S/C13H21ClNO/c1-10(2)15(16,11(3)4)9-12-7-5-6-8-13(12)14/h5-8,10-11,16H,9H2,1-4H3/q+1. The molecule has 0 radical (unpaired) electrons. The van der Waals surface area contributed by atoms with Crippen molar-refractivity contribution >= 4 is 11.6 Å². The second-order valence-electron chi connectivity index (χ2n) is 4.82. The lowest BCUT2D eigenvalue weighted by Crippen LogP contribution is -2.54. The minimum Gasteiger partial charge on any atom is -0.216 e. The Kier molecular flexibility index (Phi) is 4.36. The van der Waals surface area contributed by atoms with Gasteiger partial charge in [-0.3, -0.25) is 0 Å². The number of benzene rings is 1. The summed E-state index contributed by atoms with van der Waals surface area (Å²) >= 11 is 6.12. The van der Waals surface area contributed by atoms with Crippen LogP contribution in [0.3, 0.4) is 0 Å². The molecule has 90 valence electrons. The predicted octanol–water partition coefficient (Wildman–Crippen LogP) is 3.86. The van der Waals surface area contributed by atoms with Gasteiger partial charge in [0.15, 0.2) is 0 Å². The number of quaternary nitrogens is 1. The maximum absolute atomic E-state index is 10.6. The molecule has 0 unspecified atom stereocenters. The zero-order chi connectivity index (χ0) is 12.3. The molecular formula is C13H21ClNO+. The summed E-state index contributed by atoms with van der Waals surface area (Å²) in [5, 5.41) is 11.3. The molecule has 1 aromatic carbocycles. The Morgan fingerprint density at radius 3 is 2.06 bits per heavy atom. The second kappa shape index (κ2) is 5.17. The molecule has 0 heterocycles. The normalized spacial score (nSPS) is 12.5. The van der Waals surface area contributed by atoms with E-state index < -0.39 is 0 Å². The molecule has 0 aliphatic heterocycles. The van der Waals surface area contributed by atoms with Crippen molar-refractivity contribution in [1.82, 2.24) is 0 Å². The molecule has 0 atom stereocenters. The molecule has 3 heteroatoms. The summed E-state index contributed by atoms with van der Waals surface area (Å²) in [7, 11) is 0. The van der Waals surface area contributed by atoms with Crippen molar-refractivity contribution < 1.29 is 9.85 Å². The van der Waals surface area contributed by atoms with Crippen LogP contribution in [-0.2, 0) is 6.54 Å². The van der Waals surface area contributed by atoms with E-state index in [1.165, 1.54) is 0 Å². The van der Waals surface area contributed by atoms with Gasteiger partial charge in [-0.05, 0) is 33.8 Å². The van der Waals surface area contributed by atoms with Gasteiger partial charge in [0.2, 0.25) is 0 Å². The van der Waals surface area contributed by atoms with E-state index in [2.05, 4.69) is 0 Å². The fourth-order valence-corrected chi connectivity index (χ4v) is 2.06. The number of halogens is 1. The maximum Gasteiger partial charge on any atom is 0.136 e. The Labute approximate surface area is 103 Å². The Morgan fingerprint density at radius 1 is 1.12 bits per heavy atom. The van der Waals surface area contributed by atoms with Gasteiger partial charge < -0.3 is 0 Å². The van der Waals surface area contributed by atoms with Crippen LogP contribution in [0.5, 0.6) is 0 Å². The first-order valence-corrected chi connectivity index (χ1v) is 6.09. The summed E-state index contributed by atoms with van der Waals surface area (Å²) in [5.41, 5.74) is 0.995. The van der Waals surface area contributed by atoms with E-state index in [4.69, 9.17) is 11.6 Å². The number of hydrogen-bond donors (Lipinski definition) is 1. The van der Waals surface area contributed by atoms with Crippen LogP contribution in [0, 0.1) is 0 Å². The van der Waals surface area contributed by atoms with Crippen molar-refractivity contribution in [1.29, 1.82) is 0 Å². The molecule has 1 N–H and O–H groups in total. The lowest BCUT2D eigenvalue weighted by Gasteiger charge is -2.38. The quantitative estimate of drug-likeness (QED) is 0.628. The Balaban J connectivity index is 2.98. The minimum absolute atomic E-state index is 0.0176. The molecular weight excluding hydrogens is 222 g/mol. The van der Waals surface area contributed by atoms with E-state index in [0.29, 0.717) is 6.54 Å². The molecule has 0 aliphatic carbocycles. The fraction of sp³-hybridized carbons (Fsp3) is 0.538. The SMILES string of the molecule is CC(C)[N+](O)(Cc1ccccc1Cl)C(C)C. The average Bonchev–Trinajstić information content (AvgIpc) is 2.20. The minimum atomic E-state index is 0.0176. The summed E-state index contributed by atoms with van der Waals surface area (Å²) in [5.74, 6) is 0. The lowest BCUT2D eigenvalue weighted by atomic mass is 10.1. The zero-order valence-corrected chi connectivity index (χ0v) is 11.2. The van der Waals surface area contributed by atoms with Crippen LogP contribution in [0.25, 0.3) is 0 Å². The predicted molar refractivity (Wildman–Crippen MR) is 67.5 cm³/mol. The van der Waals surface area contributed by atoms with Crippen LogP contribution in [0.4, 0.5) is 0 Å². The third-order valence-corrected chi connectivity index (χ3v) is 3.54. The van der Waals surface area contributed by atoms with Gasteiger partial charge in [0.05, 0.1) is 0 Å². The molecule has 0 spiro atoms. The number of nitrogens with zero attached hydrogens (tertiary/aromatic N) is 1. The topological polar surface area (TPSA) is 20.2 Å². The number of hydroxylamine groups is 3. The third-order valence-electron chi connectivity index (χ3n) is 3.17. The summed E-state index contributed by atoms with van der Waals surface area (Å²) in [6.07, 6.45) is 0. The Bertz CT molecular complexity index is 342. The van der Waals surface area contributed by atoms with Gasteiger partial charge in [-0.1, -0.05) is 29.8 Å². The van der Waals surface area contributed by atoms with Crippen molar-refractivity contribution in [3.63, 3.8) is 0 Å². The van der Waals surface area contributed by atoms with Crippen LogP contribution in [0.1, 0.15) is 33.3 Å². The monoisotopic (exact) mass is 242 g/mol. The van der Waals surface area contributed by atoms with E-state index in [-0.39, 0.29) is 16.7 Å². The summed E-state index contributed by atoms with van der Waals surface area (Å²) < 4.78 is 0.0176. The van der Waals surface area contributed by atoms with Gasteiger partial charge in [0, 0.05) is 10.6 Å². The van der Waals surface area contributed by atoms with Crippen LogP contribution in [-0.4, -0.2) is 21.9 Å². The molecule has 1 rings (SSSR count). The molecule has 16 heavy (non-hydrogen) atoms. The molecule has 0 fully saturated rings. The van der Waals surface area contributed by atoms with Crippen molar-refractivity contribution in [2.45, 2.75) is 46.3 Å². The Morgan fingerprint density at radius 2 is 1.62 bits per heavy atom. The number of hydrogen-bond acceptors (Lipinski definition) is 1. The molecule has 0 aliphatic rings. The summed E-state index contributed by atoms with van der Waals surface area (Å²) in [6, 6.07) is 7.99. The fourth-order valence-electron chi connectivity index (χ4n) is 1.86. The lowest BCUT2D eigenvalue weighted by molar-refractivity contribution is -1.14. The van der Waals surface area contributed by atoms with Gasteiger partial charge in [-0.2, -0.15) is 4.65 Å². The van der Waals surface area contributed by atoms with Gasteiger partial charge >= 0.3 is 0 Å². The molecule has 0 saturated heterocycles. The molecule has 0 bridgehead atoms. The maximum atomic E-state index is 10.6. The van der Waals surface area contributed by atoms with Crippen molar-refractivity contribution in [3.8, 4) is 0 Å². The smallest absolute Gasteiger partial charge is 0.136 e. The highest BCUT2D eigenvalue weighted by atomic mass is 35.5. The molecule has 0 aromatic heterocycles. The van der Waals surface area contributed by atoms with E-state index in [1.807, 2.05) is 52.0 Å². The van der Waals surface area contributed by atoms with Crippen LogP contribution < -0.4 is 0 Å². The van der Waals surface area contributed by atoms with Crippen LogP contribution in [0.2, 0.25) is 5.02 Å². The largest absolute Gasteiger partial charge is 0.216 e. The van der Waals surface area contributed by atoms with Gasteiger partial charge in [-0.25, -0.2) is 5.21 Å². The van der Waals surface area contributed by atoms with Gasteiger partial charge in [0.1, 0.15) is 18.6 Å². The van der Waals surface area contributed by atoms with Crippen molar-refractivity contribution in [3.05, 3.63) is 34.9 Å². The van der Waals surface area contributed by atoms with Gasteiger partial charge in [-0.15, -0.1) is 0 Å². The second-order valence-corrected chi connectivity index (χ2v) is 5.23. The highest BCUT2D eigenvalue weighted by molar-refractivity contribution is 6.31. The van der Waals surface area contributed by atoms with E-state index in [0.717, 1.165) is 10.6 Å².